The Balaban J connectivity index is 1.55. The monoisotopic (exact) mass is 494 g/mol. The standard InChI is InChI=1S/C25H22N2O5S2/c1-13(2)23(25(28)29)27-34(30,31)16-6-7-17-18-11-15(5-9-20(18)32-21(17)12-16)24-26-19-8-4-14(3)10-22(19)33-24/h4-13,23,27H,1-3H3,(H,28,29)/t23-/m0/s1. The van der Waals surface area contributed by atoms with Gasteiger partial charge < -0.3 is 9.52 Å². The number of nitrogens with one attached hydrogen (secondary N) is 1. The van der Waals surface area contributed by atoms with Crippen molar-refractivity contribution in [3.8, 4) is 10.6 Å². The van der Waals surface area contributed by atoms with E-state index in [2.05, 4.69) is 17.7 Å². The topological polar surface area (TPSA) is 110 Å². The fourth-order valence-corrected chi connectivity index (χ4v) is 6.33. The Labute approximate surface area is 200 Å². The number of hydrogen-bond acceptors (Lipinski definition) is 6. The third-order valence-electron chi connectivity index (χ3n) is 5.76. The van der Waals surface area contributed by atoms with Gasteiger partial charge >= 0.3 is 5.97 Å². The van der Waals surface area contributed by atoms with Gasteiger partial charge in [0, 0.05) is 22.4 Å². The Kier molecular flexibility index (Phi) is 5.43. The molecule has 5 aromatic rings. The molecule has 5 rings (SSSR count). The molecule has 1 atom stereocenters. The van der Waals surface area contributed by atoms with Crippen molar-refractivity contribution in [1.82, 2.24) is 9.71 Å². The smallest absolute Gasteiger partial charge is 0.322 e. The highest BCUT2D eigenvalue weighted by Gasteiger charge is 2.28. The summed E-state index contributed by atoms with van der Waals surface area (Å²) in [6, 6.07) is 15.3. The van der Waals surface area contributed by atoms with Crippen LogP contribution in [0, 0.1) is 12.8 Å². The number of carbonyl (C=O) groups is 1. The first-order chi connectivity index (χ1) is 16.1. The number of sulfonamides is 1. The van der Waals surface area contributed by atoms with E-state index >= 15 is 0 Å². The van der Waals surface area contributed by atoms with Gasteiger partial charge in [-0.25, -0.2) is 13.4 Å². The maximum atomic E-state index is 12.8. The van der Waals surface area contributed by atoms with Crippen LogP contribution in [0.25, 0.3) is 42.7 Å². The zero-order valence-electron chi connectivity index (χ0n) is 18.7. The highest BCUT2D eigenvalue weighted by molar-refractivity contribution is 7.89. The number of fused-ring (bicyclic) bond motifs is 4. The average Bonchev–Trinajstić information content (AvgIpc) is 3.36. The van der Waals surface area contributed by atoms with Crippen molar-refractivity contribution in [1.29, 1.82) is 0 Å². The summed E-state index contributed by atoms with van der Waals surface area (Å²) < 4.78 is 35.0. The van der Waals surface area contributed by atoms with Crippen LogP contribution >= 0.6 is 11.3 Å². The minimum Gasteiger partial charge on any atom is -0.480 e. The first-order valence-corrected chi connectivity index (χ1v) is 13.0. The van der Waals surface area contributed by atoms with E-state index in [9.17, 15) is 18.3 Å². The molecule has 3 aromatic carbocycles. The number of rotatable bonds is 6. The third-order valence-corrected chi connectivity index (χ3v) is 8.26. The largest absolute Gasteiger partial charge is 0.480 e. The molecule has 9 heteroatoms. The van der Waals surface area contributed by atoms with Crippen molar-refractivity contribution >= 4 is 59.5 Å². The fourth-order valence-electron chi connectivity index (χ4n) is 3.92. The predicted molar refractivity (Wildman–Crippen MR) is 134 cm³/mol. The molecule has 0 saturated carbocycles. The summed E-state index contributed by atoms with van der Waals surface area (Å²) >= 11 is 1.62. The lowest BCUT2D eigenvalue weighted by molar-refractivity contribution is -0.140. The van der Waals surface area contributed by atoms with Gasteiger partial charge in [0.05, 0.1) is 15.1 Å². The molecular weight excluding hydrogens is 472 g/mol. The number of aryl methyl sites for hydroxylation is 1. The van der Waals surface area contributed by atoms with Crippen LogP contribution in [0.5, 0.6) is 0 Å². The van der Waals surface area contributed by atoms with Crippen LogP contribution in [0.4, 0.5) is 0 Å². The minimum absolute atomic E-state index is 0.0484. The average molecular weight is 495 g/mol. The molecule has 0 bridgehead atoms. The van der Waals surface area contributed by atoms with E-state index in [-0.39, 0.29) is 4.90 Å². The number of hydrogen-bond donors (Lipinski definition) is 2. The van der Waals surface area contributed by atoms with Crippen LogP contribution in [-0.2, 0) is 14.8 Å². The molecule has 0 radical (unpaired) electrons. The summed E-state index contributed by atoms with van der Waals surface area (Å²) in [5.74, 6) is -1.63. The number of carboxylic acids is 1. The molecular formula is C25H22N2O5S2. The molecule has 0 unspecified atom stereocenters. The molecule has 174 valence electrons. The number of furan rings is 1. The Bertz CT molecular complexity index is 1680. The SMILES string of the molecule is Cc1ccc2nc(-c3ccc4oc5cc(S(=O)(=O)N[C@H](C(=O)O)C(C)C)ccc5c4c3)sc2c1. The third kappa shape index (κ3) is 3.96. The van der Waals surface area contributed by atoms with Crippen molar-refractivity contribution in [2.45, 2.75) is 31.7 Å². The summed E-state index contributed by atoms with van der Waals surface area (Å²) in [6.07, 6.45) is 0. The quantitative estimate of drug-likeness (QED) is 0.320. The first kappa shape index (κ1) is 22.5. The van der Waals surface area contributed by atoms with E-state index in [1.54, 1.807) is 31.3 Å². The number of aliphatic carboxylic acids is 1. The van der Waals surface area contributed by atoms with Crippen molar-refractivity contribution in [3.05, 3.63) is 60.2 Å². The molecule has 0 aliphatic carbocycles. The van der Waals surface area contributed by atoms with Crippen LogP contribution in [0.2, 0.25) is 0 Å². The molecule has 0 spiro atoms. The molecule has 2 heterocycles. The highest BCUT2D eigenvalue weighted by Crippen LogP contribution is 2.36. The molecule has 2 N–H and O–H groups in total. The molecule has 34 heavy (non-hydrogen) atoms. The minimum atomic E-state index is -4.05. The van der Waals surface area contributed by atoms with Crippen LogP contribution in [0.3, 0.4) is 0 Å². The number of benzene rings is 3. The van der Waals surface area contributed by atoms with Gasteiger partial charge in [-0.2, -0.15) is 4.72 Å². The fraction of sp³-hybridized carbons (Fsp3) is 0.200. The molecule has 0 saturated heterocycles. The summed E-state index contributed by atoms with van der Waals surface area (Å²) in [5, 5.41) is 11.9. The van der Waals surface area contributed by atoms with E-state index in [0.717, 1.165) is 31.6 Å². The Morgan fingerprint density at radius 2 is 1.82 bits per heavy atom. The van der Waals surface area contributed by atoms with Gasteiger partial charge in [-0.1, -0.05) is 19.9 Å². The highest BCUT2D eigenvalue weighted by atomic mass is 32.2. The van der Waals surface area contributed by atoms with Gasteiger partial charge in [-0.05, 0) is 60.9 Å². The van der Waals surface area contributed by atoms with Gasteiger partial charge in [0.25, 0.3) is 0 Å². The van der Waals surface area contributed by atoms with Crippen LogP contribution in [-0.4, -0.2) is 30.5 Å². The Hall–Kier alpha value is -3.27. The number of thiazole rings is 1. The second-order valence-corrected chi connectivity index (χ2v) is 11.4. The Morgan fingerprint density at radius 1 is 1.03 bits per heavy atom. The second kappa shape index (κ2) is 8.19. The normalized spacial score (nSPS) is 13.3. The summed E-state index contributed by atoms with van der Waals surface area (Å²) in [7, 11) is -4.05. The summed E-state index contributed by atoms with van der Waals surface area (Å²) in [6.45, 7) is 5.35. The lowest BCUT2D eigenvalue weighted by Gasteiger charge is -2.17. The van der Waals surface area contributed by atoms with Crippen molar-refractivity contribution < 1.29 is 22.7 Å². The predicted octanol–water partition coefficient (Wildman–Crippen LogP) is 5.56. The molecule has 2 aromatic heterocycles. The Morgan fingerprint density at radius 3 is 2.56 bits per heavy atom. The zero-order valence-corrected chi connectivity index (χ0v) is 20.3. The van der Waals surface area contributed by atoms with Crippen LogP contribution in [0.15, 0.2) is 63.9 Å². The first-order valence-electron chi connectivity index (χ1n) is 10.7. The van der Waals surface area contributed by atoms with Crippen molar-refractivity contribution in [3.63, 3.8) is 0 Å². The number of carboxylic acid groups (broad SMARTS) is 1. The maximum absolute atomic E-state index is 12.8. The van der Waals surface area contributed by atoms with Gasteiger partial charge in [-0.15, -0.1) is 11.3 Å². The lowest BCUT2D eigenvalue weighted by Crippen LogP contribution is -2.44. The van der Waals surface area contributed by atoms with Gasteiger partial charge in [0.1, 0.15) is 22.2 Å². The van der Waals surface area contributed by atoms with Crippen molar-refractivity contribution in [2.24, 2.45) is 5.92 Å². The van der Waals surface area contributed by atoms with Gasteiger partial charge in [0.2, 0.25) is 10.0 Å². The van der Waals surface area contributed by atoms with Gasteiger partial charge in [-0.3, -0.25) is 4.79 Å². The molecule has 7 nitrogen and oxygen atoms in total. The number of aromatic nitrogens is 1. The van der Waals surface area contributed by atoms with Crippen LogP contribution in [0.1, 0.15) is 19.4 Å². The van der Waals surface area contributed by atoms with Crippen molar-refractivity contribution in [2.75, 3.05) is 0 Å². The zero-order chi connectivity index (χ0) is 24.2. The van der Waals surface area contributed by atoms with E-state index in [1.807, 2.05) is 30.3 Å². The van der Waals surface area contributed by atoms with E-state index < -0.39 is 28.0 Å². The van der Waals surface area contributed by atoms with E-state index in [4.69, 9.17) is 9.40 Å². The lowest BCUT2D eigenvalue weighted by atomic mass is 10.1. The van der Waals surface area contributed by atoms with Gasteiger partial charge in [0.15, 0.2) is 0 Å². The maximum Gasteiger partial charge on any atom is 0.322 e. The second-order valence-electron chi connectivity index (χ2n) is 8.64. The molecule has 0 aliphatic heterocycles. The van der Waals surface area contributed by atoms with Crippen LogP contribution < -0.4 is 4.72 Å². The molecule has 0 aliphatic rings. The molecule has 0 fully saturated rings. The van der Waals surface area contributed by atoms with E-state index in [0.29, 0.717) is 11.2 Å². The number of nitrogens with zero attached hydrogens (tertiary/aromatic N) is 1. The summed E-state index contributed by atoms with van der Waals surface area (Å²) in [4.78, 5) is 16.2. The van der Waals surface area contributed by atoms with E-state index in [1.165, 1.54) is 17.7 Å². The molecule has 0 amide bonds. The summed E-state index contributed by atoms with van der Waals surface area (Å²) in [5.41, 5.74) is 4.12.